The molecule has 39 heavy (non-hydrogen) atoms. The van der Waals surface area contributed by atoms with Gasteiger partial charge in [-0.1, -0.05) is 11.6 Å². The van der Waals surface area contributed by atoms with Crippen molar-refractivity contribution in [3.05, 3.63) is 52.3 Å². The zero-order valence-electron chi connectivity index (χ0n) is 23.0. The molecule has 2 aromatic rings. The molecular weight excluding hydrogens is 544 g/mol. The molecule has 0 radical (unpaired) electrons. The maximum absolute atomic E-state index is 14.0. The minimum atomic E-state index is -3.90. The Hall–Kier alpha value is -3.18. The van der Waals surface area contributed by atoms with Crippen LogP contribution >= 0.6 is 11.6 Å². The maximum atomic E-state index is 14.0. The average molecular weight is 577 g/mol. The van der Waals surface area contributed by atoms with Crippen molar-refractivity contribution in [2.75, 3.05) is 11.9 Å². The summed E-state index contributed by atoms with van der Waals surface area (Å²) in [5.74, 6) is -0.0404. The standard InChI is InChI=1S/C27H33ClN4O6S/c1-15-12-16(28)14-29-21(15)22(33)30-17-8-9-19-18(13-17)27(7)20(10-11-37-19)39(35,36)26(5,6)23(32-27)31-24(34)38-25(2,3)4/h8-9,12-14,20H,10-11H2,1-7H3,(H,30,33)(H,31,32,34)/t20-,27+/m0/s1. The van der Waals surface area contributed by atoms with Gasteiger partial charge in [0.25, 0.3) is 5.91 Å². The van der Waals surface area contributed by atoms with Gasteiger partial charge in [0.15, 0.2) is 9.84 Å². The lowest BCUT2D eigenvalue weighted by molar-refractivity contribution is 0.0560. The van der Waals surface area contributed by atoms with Crippen molar-refractivity contribution < 1.29 is 27.5 Å². The van der Waals surface area contributed by atoms with E-state index in [-0.39, 0.29) is 24.6 Å². The highest BCUT2D eigenvalue weighted by molar-refractivity contribution is 7.94. The number of aromatic nitrogens is 1. The third-order valence-electron chi connectivity index (χ3n) is 6.93. The molecule has 4 rings (SSSR count). The van der Waals surface area contributed by atoms with E-state index in [0.29, 0.717) is 27.6 Å². The van der Waals surface area contributed by atoms with Crippen LogP contribution in [0.2, 0.25) is 5.02 Å². The molecule has 1 aromatic heterocycles. The Kier molecular flexibility index (Phi) is 7.23. The van der Waals surface area contributed by atoms with Gasteiger partial charge >= 0.3 is 6.09 Å². The van der Waals surface area contributed by atoms with E-state index in [1.54, 1.807) is 58.9 Å². The molecule has 0 fully saturated rings. The van der Waals surface area contributed by atoms with Gasteiger partial charge in [-0.25, -0.2) is 18.2 Å². The summed E-state index contributed by atoms with van der Waals surface area (Å²) >= 11 is 5.97. The number of aliphatic imine (C=N–C) groups is 1. The molecular formula is C27H33ClN4O6S. The second-order valence-corrected chi connectivity index (χ2v) is 14.5. The number of nitrogens with one attached hydrogen (secondary N) is 2. The molecule has 3 heterocycles. The fourth-order valence-corrected chi connectivity index (χ4v) is 7.33. The van der Waals surface area contributed by atoms with E-state index in [1.165, 1.54) is 20.0 Å². The molecule has 2 amide bonds. The first-order valence-corrected chi connectivity index (χ1v) is 14.4. The Balaban J connectivity index is 1.79. The number of anilines is 1. The Morgan fingerprint density at radius 1 is 1.15 bits per heavy atom. The zero-order valence-corrected chi connectivity index (χ0v) is 24.6. The van der Waals surface area contributed by atoms with Crippen LogP contribution in [0.15, 0.2) is 35.5 Å². The average Bonchev–Trinajstić information content (AvgIpc) is 2.93. The van der Waals surface area contributed by atoms with Crippen LogP contribution < -0.4 is 15.4 Å². The van der Waals surface area contributed by atoms with Crippen molar-refractivity contribution in [2.24, 2.45) is 4.99 Å². The minimum Gasteiger partial charge on any atom is -0.493 e. The molecule has 2 aliphatic rings. The molecule has 210 valence electrons. The van der Waals surface area contributed by atoms with E-state index in [1.807, 2.05) is 0 Å². The van der Waals surface area contributed by atoms with Crippen LogP contribution in [-0.4, -0.2) is 53.4 Å². The number of amides is 2. The largest absolute Gasteiger partial charge is 0.493 e. The number of benzene rings is 1. The van der Waals surface area contributed by atoms with Gasteiger partial charge in [-0.2, -0.15) is 0 Å². The number of carbonyl (C=O) groups excluding carboxylic acids is 2. The van der Waals surface area contributed by atoms with Gasteiger partial charge in [0.05, 0.1) is 16.9 Å². The second-order valence-electron chi connectivity index (χ2n) is 11.4. The highest BCUT2D eigenvalue weighted by Gasteiger charge is 2.58. The molecule has 0 spiro atoms. The first-order chi connectivity index (χ1) is 18.0. The van der Waals surface area contributed by atoms with Crippen LogP contribution in [0.3, 0.4) is 0 Å². The highest BCUT2D eigenvalue weighted by Crippen LogP contribution is 2.49. The number of amidine groups is 1. The van der Waals surface area contributed by atoms with Crippen LogP contribution in [-0.2, 0) is 20.1 Å². The molecule has 0 aliphatic carbocycles. The van der Waals surface area contributed by atoms with Crippen LogP contribution in [0.1, 0.15) is 69.6 Å². The maximum Gasteiger partial charge on any atom is 0.413 e. The van der Waals surface area contributed by atoms with Gasteiger partial charge in [0.1, 0.15) is 33.2 Å². The van der Waals surface area contributed by atoms with Gasteiger partial charge in [-0.15, -0.1) is 0 Å². The number of pyridine rings is 1. The molecule has 0 unspecified atom stereocenters. The lowest BCUT2D eigenvalue weighted by Crippen LogP contribution is -2.61. The number of hydrogen-bond donors (Lipinski definition) is 2. The van der Waals surface area contributed by atoms with Gasteiger partial charge < -0.3 is 14.8 Å². The van der Waals surface area contributed by atoms with E-state index in [4.69, 9.17) is 26.1 Å². The Bertz CT molecular complexity index is 1480. The van der Waals surface area contributed by atoms with Crippen LogP contribution in [0.4, 0.5) is 10.5 Å². The summed E-state index contributed by atoms with van der Waals surface area (Å²) in [5.41, 5.74) is -0.445. The Morgan fingerprint density at radius 3 is 2.49 bits per heavy atom. The van der Waals surface area contributed by atoms with Crippen molar-refractivity contribution in [3.8, 4) is 5.75 Å². The third-order valence-corrected chi connectivity index (χ3v) is 10.2. The smallest absolute Gasteiger partial charge is 0.413 e. The fourth-order valence-electron chi connectivity index (χ4n) is 4.85. The fraction of sp³-hybridized carbons (Fsp3) is 0.481. The molecule has 2 atom stereocenters. The Morgan fingerprint density at radius 2 is 1.85 bits per heavy atom. The molecule has 0 saturated carbocycles. The summed E-state index contributed by atoms with van der Waals surface area (Å²) in [5, 5.41) is 4.88. The number of carbonyl (C=O) groups is 2. The number of nitrogens with zero attached hydrogens (tertiary/aromatic N) is 2. The predicted molar refractivity (Wildman–Crippen MR) is 149 cm³/mol. The monoisotopic (exact) mass is 576 g/mol. The van der Waals surface area contributed by atoms with Crippen LogP contribution in [0.5, 0.6) is 5.75 Å². The second kappa shape index (κ2) is 9.78. The van der Waals surface area contributed by atoms with Crippen LogP contribution in [0.25, 0.3) is 0 Å². The summed E-state index contributed by atoms with van der Waals surface area (Å²) in [6.45, 7) is 11.8. The number of halogens is 1. The van der Waals surface area contributed by atoms with Crippen molar-refractivity contribution >= 4 is 45.0 Å². The highest BCUT2D eigenvalue weighted by atomic mass is 35.5. The van der Waals surface area contributed by atoms with E-state index in [9.17, 15) is 18.0 Å². The summed E-state index contributed by atoms with van der Waals surface area (Å²) in [6, 6.07) is 6.63. The quantitative estimate of drug-likeness (QED) is 0.524. The number of alkyl carbamates (subject to hydrolysis) is 1. The number of ether oxygens (including phenoxy) is 2. The van der Waals surface area contributed by atoms with Gasteiger partial charge in [-0.05, 0) is 78.3 Å². The van der Waals surface area contributed by atoms with Crippen molar-refractivity contribution in [2.45, 2.75) is 76.0 Å². The third kappa shape index (κ3) is 5.34. The minimum absolute atomic E-state index is 0.0289. The molecule has 12 heteroatoms. The zero-order chi connectivity index (χ0) is 29.0. The molecule has 10 nitrogen and oxygen atoms in total. The first kappa shape index (κ1) is 28.8. The van der Waals surface area contributed by atoms with Crippen LogP contribution in [0, 0.1) is 6.92 Å². The topological polar surface area (TPSA) is 136 Å². The molecule has 2 N–H and O–H groups in total. The van der Waals surface area contributed by atoms with E-state index >= 15 is 0 Å². The van der Waals surface area contributed by atoms with Crippen molar-refractivity contribution in [1.82, 2.24) is 10.3 Å². The van der Waals surface area contributed by atoms with E-state index in [0.717, 1.165) is 0 Å². The first-order valence-electron chi connectivity index (χ1n) is 12.5. The van der Waals surface area contributed by atoms with Gasteiger partial charge in [-0.3, -0.25) is 15.1 Å². The summed E-state index contributed by atoms with van der Waals surface area (Å²) < 4.78 is 37.8. The molecule has 0 saturated heterocycles. The van der Waals surface area contributed by atoms with Gasteiger partial charge in [0, 0.05) is 23.9 Å². The van der Waals surface area contributed by atoms with Gasteiger partial charge in [0.2, 0.25) is 0 Å². The summed E-state index contributed by atoms with van der Waals surface area (Å²) in [7, 11) is -3.90. The molecule has 2 aliphatic heterocycles. The van der Waals surface area contributed by atoms with E-state index in [2.05, 4.69) is 15.6 Å². The molecule has 1 aromatic carbocycles. The normalized spacial score (nSPS) is 23.2. The lowest BCUT2D eigenvalue weighted by Gasteiger charge is -2.44. The van der Waals surface area contributed by atoms with Crippen molar-refractivity contribution in [1.29, 1.82) is 0 Å². The summed E-state index contributed by atoms with van der Waals surface area (Å²) in [6.07, 6.45) is 0.779. The Labute approximate surface area is 233 Å². The van der Waals surface area contributed by atoms with E-state index < -0.39 is 43.0 Å². The SMILES string of the molecule is Cc1cc(Cl)cnc1C(=O)Nc1ccc2c(c1)[C@@]1(C)N=C(NC(=O)OC(C)(C)C)C(C)(C)S(=O)(=O)[C@H]1CCO2. The number of sulfone groups is 1. The summed E-state index contributed by atoms with van der Waals surface area (Å²) in [4.78, 5) is 34.6. The number of aryl methyl sites for hydroxylation is 1. The number of rotatable bonds is 2. The number of hydrogen-bond acceptors (Lipinski definition) is 8. The number of fused-ring (bicyclic) bond motifs is 3. The van der Waals surface area contributed by atoms with Crippen molar-refractivity contribution in [3.63, 3.8) is 0 Å². The lowest BCUT2D eigenvalue weighted by atomic mass is 9.86. The predicted octanol–water partition coefficient (Wildman–Crippen LogP) is 4.79. The molecule has 0 bridgehead atoms.